The molecule has 0 heterocycles. The zero-order valence-corrected chi connectivity index (χ0v) is 15.6. The predicted octanol–water partition coefficient (Wildman–Crippen LogP) is 7.56. The minimum Gasteiger partial charge on any atom is -0.0730 e. The Hall–Kier alpha value is -0.520. The number of hydrogen-bond acceptors (Lipinski definition) is 0. The summed E-state index contributed by atoms with van der Waals surface area (Å²) >= 11 is 0. The third kappa shape index (κ3) is 12.5. The van der Waals surface area contributed by atoms with Gasteiger partial charge in [0.05, 0.1) is 0 Å². The number of hydrogen-bond donors (Lipinski definition) is 0. The molecule has 0 saturated heterocycles. The molecule has 0 atom stereocenters. The molecule has 1 saturated carbocycles. The van der Waals surface area contributed by atoms with Gasteiger partial charge in [-0.1, -0.05) is 90.5 Å². The van der Waals surface area contributed by atoms with E-state index in [4.69, 9.17) is 0 Å². The molecule has 0 bridgehead atoms. The Morgan fingerprint density at radius 2 is 0.900 bits per heavy atom. The molecular formula is C20H40. The van der Waals surface area contributed by atoms with Crippen molar-refractivity contribution in [2.75, 3.05) is 0 Å². The van der Waals surface area contributed by atoms with Crippen LogP contribution in [0.4, 0.5) is 0 Å². The third-order valence-corrected chi connectivity index (χ3v) is 3.87. The molecule has 2 rings (SSSR count). The van der Waals surface area contributed by atoms with E-state index in [2.05, 4.69) is 39.8 Å². The van der Waals surface area contributed by atoms with Crippen LogP contribution in [0, 0.1) is 11.8 Å². The van der Waals surface area contributed by atoms with Crippen molar-refractivity contribution in [1.29, 1.82) is 0 Å². The maximum Gasteiger partial charge on any atom is -0.0283 e. The lowest BCUT2D eigenvalue weighted by Gasteiger charge is -2.22. The van der Waals surface area contributed by atoms with Crippen LogP contribution in [0.15, 0.2) is 23.3 Å². The van der Waals surface area contributed by atoms with E-state index in [-0.39, 0.29) is 0 Å². The molecule has 0 aromatic heterocycles. The van der Waals surface area contributed by atoms with E-state index in [9.17, 15) is 0 Å². The molecule has 20 heavy (non-hydrogen) atoms. The fraction of sp³-hybridized carbons (Fsp3) is 0.800. The second kappa shape index (κ2) is 14.9. The van der Waals surface area contributed by atoms with E-state index in [1.165, 1.54) is 49.7 Å². The minimum absolute atomic E-state index is 1.02. The first-order valence-electron chi connectivity index (χ1n) is 8.91. The summed E-state index contributed by atoms with van der Waals surface area (Å²) in [7, 11) is 0. The molecule has 0 nitrogen and oxygen atoms in total. The Kier molecular flexibility index (Phi) is 16.2. The van der Waals surface area contributed by atoms with Gasteiger partial charge in [-0.25, -0.2) is 0 Å². The second-order valence-corrected chi connectivity index (χ2v) is 5.89. The van der Waals surface area contributed by atoms with E-state index < -0.39 is 0 Å². The molecule has 0 aromatic rings. The molecule has 0 aliphatic heterocycles. The van der Waals surface area contributed by atoms with Gasteiger partial charge in [0.2, 0.25) is 0 Å². The Labute approximate surface area is 129 Å². The zero-order valence-electron chi connectivity index (χ0n) is 15.6. The monoisotopic (exact) mass is 280 g/mol. The highest BCUT2D eigenvalue weighted by Crippen LogP contribution is 2.27. The first kappa shape index (κ1) is 21.8. The van der Waals surface area contributed by atoms with E-state index in [1.807, 2.05) is 27.7 Å². The van der Waals surface area contributed by atoms with Crippen LogP contribution in [0.1, 0.15) is 93.9 Å². The van der Waals surface area contributed by atoms with E-state index in [0.717, 1.165) is 11.8 Å². The largest absolute Gasteiger partial charge is 0.0730 e. The molecule has 0 heteroatoms. The van der Waals surface area contributed by atoms with E-state index in [1.54, 1.807) is 0 Å². The zero-order chi connectivity index (χ0) is 16.0. The van der Waals surface area contributed by atoms with Gasteiger partial charge < -0.3 is 0 Å². The van der Waals surface area contributed by atoms with Gasteiger partial charge in [0.15, 0.2) is 0 Å². The fourth-order valence-electron chi connectivity index (χ4n) is 2.27. The topological polar surface area (TPSA) is 0 Å². The highest BCUT2D eigenvalue weighted by atomic mass is 14.2. The SMILES string of the molecule is CC.CC.CC1=CC=C(C)CC1.CC1CCC(C)CC1. The highest BCUT2D eigenvalue weighted by molar-refractivity contribution is 5.20. The standard InChI is InChI=1S/C8H16.C8H12.2C2H6/c2*1-7-3-5-8(2)6-4-7;2*1-2/h7-8H,3-6H2,1-2H3;3,5H,4,6H2,1-2H3;2*1-2H3. The second-order valence-electron chi connectivity index (χ2n) is 5.89. The molecule has 120 valence electrons. The van der Waals surface area contributed by atoms with Gasteiger partial charge in [-0.2, -0.15) is 0 Å². The molecule has 0 radical (unpaired) electrons. The van der Waals surface area contributed by atoms with Crippen molar-refractivity contribution in [2.24, 2.45) is 11.8 Å². The van der Waals surface area contributed by atoms with Crippen LogP contribution in [0.2, 0.25) is 0 Å². The molecule has 0 unspecified atom stereocenters. The van der Waals surface area contributed by atoms with Crippen LogP contribution in [0.5, 0.6) is 0 Å². The van der Waals surface area contributed by atoms with Crippen LogP contribution in [-0.2, 0) is 0 Å². The van der Waals surface area contributed by atoms with Gasteiger partial charge in [-0.3, -0.25) is 0 Å². The van der Waals surface area contributed by atoms with Gasteiger partial charge >= 0.3 is 0 Å². The predicted molar refractivity (Wildman–Crippen MR) is 96.2 cm³/mol. The Morgan fingerprint density at radius 3 is 1.10 bits per heavy atom. The summed E-state index contributed by atoms with van der Waals surface area (Å²) in [5, 5.41) is 0. The molecule has 2 aliphatic rings. The van der Waals surface area contributed by atoms with Crippen molar-refractivity contribution in [1.82, 2.24) is 0 Å². The molecule has 0 aromatic carbocycles. The molecule has 0 N–H and O–H groups in total. The summed E-state index contributed by atoms with van der Waals surface area (Å²) < 4.78 is 0. The van der Waals surface area contributed by atoms with Crippen molar-refractivity contribution >= 4 is 0 Å². The number of rotatable bonds is 0. The maximum absolute atomic E-state index is 2.37. The normalized spacial score (nSPS) is 24.4. The van der Waals surface area contributed by atoms with Crippen molar-refractivity contribution < 1.29 is 0 Å². The van der Waals surface area contributed by atoms with Gasteiger partial charge in [0, 0.05) is 0 Å². The Morgan fingerprint density at radius 1 is 0.650 bits per heavy atom. The van der Waals surface area contributed by atoms with E-state index in [0.29, 0.717) is 0 Å². The number of allylic oxidation sites excluding steroid dienone is 4. The van der Waals surface area contributed by atoms with Crippen LogP contribution < -0.4 is 0 Å². The summed E-state index contributed by atoms with van der Waals surface area (Å²) in [6, 6.07) is 0. The maximum atomic E-state index is 2.37. The Balaban J connectivity index is 0. The first-order valence-corrected chi connectivity index (χ1v) is 8.91. The lowest BCUT2D eigenvalue weighted by atomic mass is 9.84. The smallest absolute Gasteiger partial charge is 0.0283 e. The molecule has 0 amide bonds. The van der Waals surface area contributed by atoms with Crippen molar-refractivity contribution in [3.63, 3.8) is 0 Å². The van der Waals surface area contributed by atoms with Gasteiger partial charge in [0.1, 0.15) is 0 Å². The Bertz CT molecular complexity index is 221. The fourth-order valence-corrected chi connectivity index (χ4v) is 2.27. The highest BCUT2D eigenvalue weighted by Gasteiger charge is 2.13. The van der Waals surface area contributed by atoms with Crippen molar-refractivity contribution in [3.8, 4) is 0 Å². The molecular weight excluding hydrogens is 240 g/mol. The lowest BCUT2D eigenvalue weighted by Crippen LogP contribution is -2.08. The molecule has 2 aliphatic carbocycles. The minimum atomic E-state index is 1.02. The molecule has 1 fully saturated rings. The van der Waals surface area contributed by atoms with Crippen LogP contribution in [-0.4, -0.2) is 0 Å². The summed E-state index contributed by atoms with van der Waals surface area (Å²) in [5.41, 5.74) is 3.02. The summed E-state index contributed by atoms with van der Waals surface area (Å²) in [6.07, 6.45) is 12.8. The quantitative estimate of drug-likeness (QED) is 0.429. The summed E-state index contributed by atoms with van der Waals surface area (Å²) in [6.45, 7) is 17.1. The van der Waals surface area contributed by atoms with Crippen LogP contribution >= 0.6 is 0 Å². The van der Waals surface area contributed by atoms with Gasteiger partial charge in [-0.15, -0.1) is 0 Å². The van der Waals surface area contributed by atoms with E-state index >= 15 is 0 Å². The van der Waals surface area contributed by atoms with Crippen molar-refractivity contribution in [3.05, 3.63) is 23.3 Å². The van der Waals surface area contributed by atoms with Crippen molar-refractivity contribution in [2.45, 2.75) is 93.9 Å². The average molecular weight is 281 g/mol. The lowest BCUT2D eigenvalue weighted by molar-refractivity contribution is 0.308. The summed E-state index contributed by atoms with van der Waals surface area (Å²) in [4.78, 5) is 0. The van der Waals surface area contributed by atoms with Crippen LogP contribution in [0.3, 0.4) is 0 Å². The third-order valence-electron chi connectivity index (χ3n) is 3.87. The molecule has 0 spiro atoms. The first-order chi connectivity index (χ1) is 9.58. The van der Waals surface area contributed by atoms with Gasteiger partial charge in [-0.05, 0) is 38.5 Å². The summed E-state index contributed by atoms with van der Waals surface area (Å²) in [5.74, 6) is 2.04. The van der Waals surface area contributed by atoms with Gasteiger partial charge in [0.25, 0.3) is 0 Å². The average Bonchev–Trinajstić information content (AvgIpc) is 2.50. The van der Waals surface area contributed by atoms with Crippen LogP contribution in [0.25, 0.3) is 0 Å².